The lowest BCUT2D eigenvalue weighted by atomic mass is 9.96. The van der Waals surface area contributed by atoms with Crippen molar-refractivity contribution in [1.29, 1.82) is 0 Å². The van der Waals surface area contributed by atoms with Gasteiger partial charge in [-0.15, -0.1) is 0 Å². The molecule has 2 heterocycles. The average molecular weight is 571 g/mol. The quantitative estimate of drug-likeness (QED) is 0.290. The summed E-state index contributed by atoms with van der Waals surface area (Å²) in [7, 11) is 0. The highest BCUT2D eigenvalue weighted by Crippen LogP contribution is 2.33. The number of amides is 3. The molecule has 3 amide bonds. The summed E-state index contributed by atoms with van der Waals surface area (Å²) in [5.41, 5.74) is 9.38. The van der Waals surface area contributed by atoms with Gasteiger partial charge < -0.3 is 15.5 Å². The number of rotatable bonds is 7. The Kier molecular flexibility index (Phi) is 7.88. The van der Waals surface area contributed by atoms with Crippen LogP contribution in [0.1, 0.15) is 36.1 Å². The van der Waals surface area contributed by atoms with Gasteiger partial charge in [0.05, 0.1) is 11.9 Å². The topological polar surface area (TPSA) is 96.6 Å². The molecule has 1 aromatic heterocycles. The van der Waals surface area contributed by atoms with Crippen LogP contribution >= 0.6 is 0 Å². The Morgan fingerprint density at radius 1 is 0.907 bits per heavy atom. The van der Waals surface area contributed by atoms with Crippen molar-refractivity contribution in [2.45, 2.75) is 44.3 Å². The monoisotopic (exact) mass is 570 g/mol. The zero-order valence-corrected chi connectivity index (χ0v) is 24.1. The molecule has 6 rings (SSSR count). The van der Waals surface area contributed by atoms with Gasteiger partial charge in [-0.2, -0.15) is 0 Å². The van der Waals surface area contributed by atoms with E-state index in [1.54, 1.807) is 16.0 Å². The molecule has 7 heteroatoms. The molecule has 1 aliphatic heterocycles. The minimum atomic E-state index is -0.886. The van der Waals surface area contributed by atoms with E-state index in [-0.39, 0.29) is 30.7 Å². The smallest absolute Gasteiger partial charge is 0.250 e. The third kappa shape index (κ3) is 5.71. The largest absolute Gasteiger partial charge is 0.368 e. The third-order valence-corrected chi connectivity index (χ3v) is 8.48. The molecule has 1 saturated heterocycles. The number of pyridine rings is 1. The molecule has 216 valence electrons. The van der Waals surface area contributed by atoms with Crippen LogP contribution in [-0.2, 0) is 27.2 Å². The summed E-state index contributed by atoms with van der Waals surface area (Å²) in [6, 6.07) is 30.9. The molecule has 2 N–H and O–H groups in total. The van der Waals surface area contributed by atoms with Crippen LogP contribution < -0.4 is 5.73 Å². The molecule has 1 aliphatic rings. The maximum absolute atomic E-state index is 14.5. The van der Waals surface area contributed by atoms with Crippen LogP contribution in [0.5, 0.6) is 0 Å². The maximum atomic E-state index is 14.5. The first-order valence-electron chi connectivity index (χ1n) is 14.7. The minimum Gasteiger partial charge on any atom is -0.368 e. The Morgan fingerprint density at radius 3 is 2.47 bits per heavy atom. The summed E-state index contributed by atoms with van der Waals surface area (Å²) in [6.45, 7) is 2.28. The van der Waals surface area contributed by atoms with E-state index < -0.39 is 18.0 Å². The Balaban J connectivity index is 1.35. The fourth-order valence-electron chi connectivity index (χ4n) is 6.29. The number of aromatic nitrogens is 1. The number of carbonyl (C=O) groups excluding carboxylic acids is 3. The number of fused-ring (bicyclic) bond motifs is 2. The highest BCUT2D eigenvalue weighted by molar-refractivity contribution is 5.94. The molecule has 0 radical (unpaired) electrons. The van der Waals surface area contributed by atoms with Gasteiger partial charge in [-0.05, 0) is 59.0 Å². The molecular formula is C36H34N4O3. The number of nitrogens with zero attached hydrogens (tertiary/aromatic N) is 3. The number of carbonyl (C=O) groups is 3. The van der Waals surface area contributed by atoms with Crippen molar-refractivity contribution in [2.75, 3.05) is 6.54 Å². The molecule has 0 saturated carbocycles. The highest BCUT2D eigenvalue weighted by Gasteiger charge is 2.43. The van der Waals surface area contributed by atoms with Gasteiger partial charge in [-0.3, -0.25) is 19.4 Å². The fraction of sp³-hybridized carbons (Fsp3) is 0.222. The first kappa shape index (κ1) is 28.1. The summed E-state index contributed by atoms with van der Waals surface area (Å²) in [4.78, 5) is 49.4. The summed E-state index contributed by atoms with van der Waals surface area (Å²) in [5.74, 6) is -1.01. The van der Waals surface area contributed by atoms with Crippen LogP contribution in [0.15, 0.2) is 109 Å². The Labute approximate surface area is 250 Å². The van der Waals surface area contributed by atoms with Gasteiger partial charge in [0.1, 0.15) is 12.1 Å². The molecule has 4 aromatic carbocycles. The SMILES string of the molecule is C[C@@H]1CCN([C@H](Cc2cccc3ccccc23)C(N)=O)C(=O)[C@H](c2ccccc2)N1C(=O)Cc1ccc2ncccc2c1. The molecular weight excluding hydrogens is 536 g/mol. The van der Waals surface area contributed by atoms with Gasteiger partial charge in [-0.1, -0.05) is 84.9 Å². The highest BCUT2D eigenvalue weighted by atomic mass is 16.2. The van der Waals surface area contributed by atoms with E-state index >= 15 is 0 Å². The van der Waals surface area contributed by atoms with Gasteiger partial charge in [-0.25, -0.2) is 0 Å². The zero-order chi connectivity index (χ0) is 29.9. The second-order valence-corrected chi connectivity index (χ2v) is 11.3. The molecule has 3 atom stereocenters. The van der Waals surface area contributed by atoms with Crippen molar-refractivity contribution >= 4 is 39.4 Å². The Morgan fingerprint density at radius 2 is 1.65 bits per heavy atom. The third-order valence-electron chi connectivity index (χ3n) is 8.48. The van der Waals surface area contributed by atoms with E-state index in [1.165, 1.54) is 0 Å². The van der Waals surface area contributed by atoms with Crippen LogP contribution in [0.3, 0.4) is 0 Å². The lowest BCUT2D eigenvalue weighted by Gasteiger charge is -2.36. The lowest BCUT2D eigenvalue weighted by Crippen LogP contribution is -2.52. The number of benzene rings is 4. The summed E-state index contributed by atoms with van der Waals surface area (Å²) >= 11 is 0. The average Bonchev–Trinajstić information content (AvgIpc) is 3.15. The Bertz CT molecular complexity index is 1800. The Hall–Kier alpha value is -5.04. The zero-order valence-electron chi connectivity index (χ0n) is 24.1. The van der Waals surface area contributed by atoms with Crippen LogP contribution in [0.4, 0.5) is 0 Å². The number of primary amides is 1. The van der Waals surface area contributed by atoms with E-state index in [0.29, 0.717) is 18.5 Å². The van der Waals surface area contributed by atoms with Crippen molar-refractivity contribution in [3.8, 4) is 0 Å². The predicted molar refractivity (Wildman–Crippen MR) is 168 cm³/mol. The molecule has 0 bridgehead atoms. The molecule has 7 nitrogen and oxygen atoms in total. The first-order valence-corrected chi connectivity index (χ1v) is 14.7. The summed E-state index contributed by atoms with van der Waals surface area (Å²) < 4.78 is 0. The van der Waals surface area contributed by atoms with E-state index in [2.05, 4.69) is 4.98 Å². The number of hydrogen-bond acceptors (Lipinski definition) is 4. The number of hydrogen-bond donors (Lipinski definition) is 1. The van der Waals surface area contributed by atoms with Crippen LogP contribution in [0.25, 0.3) is 21.7 Å². The van der Waals surface area contributed by atoms with Crippen molar-refractivity contribution in [3.63, 3.8) is 0 Å². The van der Waals surface area contributed by atoms with Crippen molar-refractivity contribution in [3.05, 3.63) is 126 Å². The predicted octanol–water partition coefficient (Wildman–Crippen LogP) is 5.22. The normalized spacial score (nSPS) is 18.0. The van der Waals surface area contributed by atoms with Gasteiger partial charge in [0, 0.05) is 30.6 Å². The molecule has 5 aromatic rings. The van der Waals surface area contributed by atoms with Crippen molar-refractivity contribution in [1.82, 2.24) is 14.8 Å². The second kappa shape index (κ2) is 12.1. The second-order valence-electron chi connectivity index (χ2n) is 11.3. The lowest BCUT2D eigenvalue weighted by molar-refractivity contribution is -0.148. The van der Waals surface area contributed by atoms with Crippen LogP contribution in [0.2, 0.25) is 0 Å². The minimum absolute atomic E-state index is 0.140. The maximum Gasteiger partial charge on any atom is 0.250 e. The molecule has 43 heavy (non-hydrogen) atoms. The van der Waals surface area contributed by atoms with Gasteiger partial charge in [0.15, 0.2) is 0 Å². The van der Waals surface area contributed by atoms with Gasteiger partial charge in [0.2, 0.25) is 11.8 Å². The van der Waals surface area contributed by atoms with Crippen molar-refractivity contribution in [2.24, 2.45) is 5.73 Å². The molecule has 0 aliphatic carbocycles. The van der Waals surface area contributed by atoms with E-state index in [1.807, 2.05) is 110 Å². The standard InChI is InChI=1S/C36H34N4O3/c1-24-18-20-39(32(35(37)42)23-28-13-7-12-26-9-5-6-15-30(26)28)36(43)34(27-10-3-2-4-11-27)40(24)33(41)22-25-16-17-31-29(21-25)14-8-19-38-31/h2-17,19,21,24,32,34H,18,20,22-23H2,1H3,(H2,37,42)/t24-,32-,34+/m1/s1. The molecule has 0 unspecified atom stereocenters. The first-order chi connectivity index (χ1) is 20.9. The van der Waals surface area contributed by atoms with Gasteiger partial charge in [0.25, 0.3) is 5.91 Å². The fourth-order valence-corrected chi connectivity index (χ4v) is 6.29. The van der Waals surface area contributed by atoms with E-state index in [4.69, 9.17) is 5.73 Å². The van der Waals surface area contributed by atoms with Crippen LogP contribution in [-0.4, -0.2) is 51.1 Å². The number of nitrogens with two attached hydrogens (primary N) is 1. The summed E-state index contributed by atoms with van der Waals surface area (Å²) in [6.07, 6.45) is 2.69. The van der Waals surface area contributed by atoms with E-state index in [0.717, 1.165) is 32.8 Å². The van der Waals surface area contributed by atoms with Gasteiger partial charge >= 0.3 is 0 Å². The summed E-state index contributed by atoms with van der Waals surface area (Å²) in [5, 5.41) is 3.03. The molecule has 1 fully saturated rings. The van der Waals surface area contributed by atoms with Crippen LogP contribution in [0, 0.1) is 0 Å². The molecule has 0 spiro atoms. The van der Waals surface area contributed by atoms with E-state index in [9.17, 15) is 14.4 Å². The van der Waals surface area contributed by atoms with Crippen molar-refractivity contribution < 1.29 is 14.4 Å².